The first-order valence-electron chi connectivity index (χ1n) is 5.66. The van der Waals surface area contributed by atoms with Gasteiger partial charge in [0.1, 0.15) is 24.5 Å². The van der Waals surface area contributed by atoms with E-state index >= 15 is 0 Å². The molecule has 1 N–H and O–H groups in total. The average Bonchev–Trinajstić information content (AvgIpc) is 2.37. The highest BCUT2D eigenvalue weighted by Gasteiger charge is 2.15. The second kappa shape index (κ2) is 5.46. The third-order valence-electron chi connectivity index (χ3n) is 2.83. The summed E-state index contributed by atoms with van der Waals surface area (Å²) in [4.78, 5) is 12.9. The number of hydrogen-bond donors (Lipinski definition) is 1. The van der Waals surface area contributed by atoms with Crippen molar-refractivity contribution in [3.05, 3.63) is 12.4 Å². The van der Waals surface area contributed by atoms with Crippen LogP contribution in [0.2, 0.25) is 0 Å². The molecule has 0 spiro atoms. The molecule has 1 aliphatic rings. The van der Waals surface area contributed by atoms with Gasteiger partial charge in [-0.25, -0.2) is 9.97 Å². The summed E-state index contributed by atoms with van der Waals surface area (Å²) >= 11 is 0. The van der Waals surface area contributed by atoms with E-state index in [1.165, 1.54) is 6.33 Å². The third-order valence-corrected chi connectivity index (χ3v) is 2.83. The molecule has 0 unspecified atom stereocenters. The number of hydrogen-bond acceptors (Lipinski definition) is 6. The van der Waals surface area contributed by atoms with E-state index in [4.69, 9.17) is 5.26 Å². The van der Waals surface area contributed by atoms with Crippen molar-refractivity contribution in [2.45, 2.75) is 0 Å². The Balaban J connectivity index is 2.03. The number of aromatic nitrogens is 2. The molecule has 1 saturated heterocycles. The minimum absolute atomic E-state index is 0.263. The molecule has 0 aromatic carbocycles. The summed E-state index contributed by atoms with van der Waals surface area (Å²) in [5.74, 6) is 1.63. The first kappa shape index (κ1) is 11.6. The summed E-state index contributed by atoms with van der Waals surface area (Å²) in [6.07, 6.45) is 1.54. The minimum atomic E-state index is 0.263. The van der Waals surface area contributed by atoms with E-state index in [0.29, 0.717) is 5.82 Å². The maximum atomic E-state index is 8.50. The van der Waals surface area contributed by atoms with Crippen molar-refractivity contribution in [1.82, 2.24) is 14.9 Å². The first-order chi connectivity index (χ1) is 8.29. The summed E-state index contributed by atoms with van der Waals surface area (Å²) in [7, 11) is 2.12. The molecule has 0 atom stereocenters. The van der Waals surface area contributed by atoms with Crippen LogP contribution in [-0.2, 0) is 0 Å². The van der Waals surface area contributed by atoms with Crippen molar-refractivity contribution in [3.8, 4) is 6.07 Å². The highest BCUT2D eigenvalue weighted by Crippen LogP contribution is 2.15. The largest absolute Gasteiger partial charge is 0.357 e. The summed E-state index contributed by atoms with van der Waals surface area (Å²) < 4.78 is 0. The molecule has 2 rings (SSSR count). The zero-order valence-electron chi connectivity index (χ0n) is 9.93. The van der Waals surface area contributed by atoms with Gasteiger partial charge >= 0.3 is 0 Å². The number of nitriles is 1. The second-order valence-corrected chi connectivity index (χ2v) is 4.06. The van der Waals surface area contributed by atoms with Gasteiger partial charge in [-0.05, 0) is 7.05 Å². The molecule has 1 aliphatic heterocycles. The third kappa shape index (κ3) is 3.04. The Kier molecular flexibility index (Phi) is 3.73. The van der Waals surface area contributed by atoms with E-state index < -0.39 is 0 Å². The van der Waals surface area contributed by atoms with Crippen LogP contribution in [0.5, 0.6) is 0 Å². The van der Waals surface area contributed by atoms with E-state index in [1.807, 2.05) is 12.1 Å². The van der Waals surface area contributed by atoms with Crippen LogP contribution in [0.15, 0.2) is 12.4 Å². The molecule has 1 aromatic heterocycles. The minimum Gasteiger partial charge on any atom is -0.357 e. The Labute approximate surface area is 101 Å². The lowest BCUT2D eigenvalue weighted by Gasteiger charge is -2.33. The molecule has 1 aromatic rings. The van der Waals surface area contributed by atoms with Crippen LogP contribution < -0.4 is 10.2 Å². The molecule has 6 nitrogen and oxygen atoms in total. The predicted octanol–water partition coefficient (Wildman–Crippen LogP) is 0.164. The van der Waals surface area contributed by atoms with Crippen LogP contribution in [0, 0.1) is 11.3 Å². The Morgan fingerprint density at radius 1 is 1.35 bits per heavy atom. The van der Waals surface area contributed by atoms with Gasteiger partial charge in [-0.3, -0.25) is 0 Å². The van der Waals surface area contributed by atoms with Gasteiger partial charge < -0.3 is 15.1 Å². The van der Waals surface area contributed by atoms with E-state index in [2.05, 4.69) is 32.1 Å². The van der Waals surface area contributed by atoms with Gasteiger partial charge in [-0.1, -0.05) is 0 Å². The van der Waals surface area contributed by atoms with Gasteiger partial charge in [-0.2, -0.15) is 5.26 Å². The lowest BCUT2D eigenvalue weighted by Crippen LogP contribution is -2.44. The Morgan fingerprint density at radius 2 is 2.12 bits per heavy atom. The summed E-state index contributed by atoms with van der Waals surface area (Å²) in [5, 5.41) is 11.4. The molecule has 90 valence electrons. The second-order valence-electron chi connectivity index (χ2n) is 4.06. The normalized spacial score (nSPS) is 16.6. The van der Waals surface area contributed by atoms with E-state index in [-0.39, 0.29) is 6.54 Å². The van der Waals surface area contributed by atoms with Crippen LogP contribution in [0.25, 0.3) is 0 Å². The predicted molar refractivity (Wildman–Crippen MR) is 65.8 cm³/mol. The Morgan fingerprint density at radius 3 is 2.82 bits per heavy atom. The molecule has 0 saturated carbocycles. The molecule has 0 amide bonds. The highest BCUT2D eigenvalue weighted by molar-refractivity contribution is 5.49. The molecule has 2 heterocycles. The van der Waals surface area contributed by atoms with Crippen molar-refractivity contribution in [1.29, 1.82) is 5.26 Å². The fourth-order valence-corrected chi connectivity index (χ4v) is 1.78. The van der Waals surface area contributed by atoms with Crippen LogP contribution in [0.4, 0.5) is 11.6 Å². The number of nitrogens with one attached hydrogen (secondary N) is 1. The van der Waals surface area contributed by atoms with Gasteiger partial charge in [-0.15, -0.1) is 0 Å². The summed E-state index contributed by atoms with van der Waals surface area (Å²) in [6, 6.07) is 3.92. The van der Waals surface area contributed by atoms with Crippen molar-refractivity contribution in [2.75, 3.05) is 50.0 Å². The van der Waals surface area contributed by atoms with Crippen LogP contribution >= 0.6 is 0 Å². The van der Waals surface area contributed by atoms with E-state index in [9.17, 15) is 0 Å². The molecule has 0 radical (unpaired) electrons. The van der Waals surface area contributed by atoms with Crippen molar-refractivity contribution in [3.63, 3.8) is 0 Å². The quantitative estimate of drug-likeness (QED) is 0.749. The average molecular weight is 232 g/mol. The fraction of sp³-hybridized carbons (Fsp3) is 0.545. The summed E-state index contributed by atoms with van der Waals surface area (Å²) in [5.41, 5.74) is 0. The van der Waals surface area contributed by atoms with Gasteiger partial charge in [0.25, 0.3) is 0 Å². The molecular formula is C11H16N6. The van der Waals surface area contributed by atoms with Crippen molar-refractivity contribution < 1.29 is 0 Å². The smallest absolute Gasteiger partial charge is 0.134 e. The number of piperazine rings is 1. The van der Waals surface area contributed by atoms with E-state index in [0.717, 1.165) is 32.0 Å². The lowest BCUT2D eigenvalue weighted by atomic mass is 10.3. The Hall–Kier alpha value is -1.87. The maximum absolute atomic E-state index is 8.50. The number of anilines is 2. The maximum Gasteiger partial charge on any atom is 0.134 e. The first-order valence-corrected chi connectivity index (χ1v) is 5.66. The fourth-order valence-electron chi connectivity index (χ4n) is 1.78. The lowest BCUT2D eigenvalue weighted by molar-refractivity contribution is 0.312. The van der Waals surface area contributed by atoms with Gasteiger partial charge in [0.05, 0.1) is 6.07 Å². The molecule has 1 fully saturated rings. The zero-order valence-corrected chi connectivity index (χ0v) is 9.93. The number of nitrogens with zero attached hydrogens (tertiary/aromatic N) is 5. The zero-order chi connectivity index (χ0) is 12.1. The molecule has 6 heteroatoms. The van der Waals surface area contributed by atoms with Crippen molar-refractivity contribution >= 4 is 11.6 Å². The topological polar surface area (TPSA) is 68.1 Å². The van der Waals surface area contributed by atoms with Gasteiger partial charge in [0, 0.05) is 32.2 Å². The van der Waals surface area contributed by atoms with Crippen LogP contribution in [0.1, 0.15) is 0 Å². The molecular weight excluding hydrogens is 216 g/mol. The highest BCUT2D eigenvalue weighted by atomic mass is 15.3. The molecule has 0 bridgehead atoms. The van der Waals surface area contributed by atoms with Crippen LogP contribution in [0.3, 0.4) is 0 Å². The van der Waals surface area contributed by atoms with Gasteiger partial charge in [0.2, 0.25) is 0 Å². The number of likely N-dealkylation sites (N-methyl/N-ethyl adjacent to an activating group) is 1. The summed E-state index contributed by atoms with van der Waals surface area (Å²) in [6.45, 7) is 4.31. The SMILES string of the molecule is CN1CCN(c2cc(NCC#N)ncn2)CC1. The standard InChI is InChI=1S/C11H16N6/c1-16-4-6-17(7-5-16)11-8-10(13-3-2-12)14-9-15-11/h8-9H,3-7H2,1H3,(H,13,14,15). The van der Waals surface area contributed by atoms with Gasteiger partial charge in [0.15, 0.2) is 0 Å². The number of rotatable bonds is 3. The van der Waals surface area contributed by atoms with Crippen LogP contribution in [-0.4, -0.2) is 54.6 Å². The molecule has 0 aliphatic carbocycles. The van der Waals surface area contributed by atoms with Crippen molar-refractivity contribution in [2.24, 2.45) is 0 Å². The van der Waals surface area contributed by atoms with E-state index in [1.54, 1.807) is 0 Å². The Bertz CT molecular complexity index is 405. The monoisotopic (exact) mass is 232 g/mol. The molecule has 17 heavy (non-hydrogen) atoms.